The summed E-state index contributed by atoms with van der Waals surface area (Å²) in [5.41, 5.74) is 5.69. The maximum Gasteiger partial charge on any atom is 0.202 e. The number of aromatic nitrogens is 3. The minimum Gasteiger partial charge on any atom is -0.440 e. The Bertz CT molecular complexity index is 2010. The topological polar surface area (TPSA) is 63.8 Å². The Labute approximate surface area is 236 Å². The molecule has 0 saturated carbocycles. The van der Waals surface area contributed by atoms with Gasteiger partial charge in [0.15, 0.2) is 17.5 Å². The van der Waals surface area contributed by atoms with E-state index < -0.39 is 0 Å². The molecule has 2 aromatic heterocycles. The number of fused-ring (bicyclic) bond motifs is 4. The van der Waals surface area contributed by atoms with E-state index in [-0.39, 0.29) is 6.04 Å². The molecular weight excluding hydrogens is 504 g/mol. The van der Waals surface area contributed by atoms with Gasteiger partial charge in [-0.1, -0.05) is 115 Å². The minimum absolute atomic E-state index is 0.120. The van der Waals surface area contributed by atoms with E-state index in [0.29, 0.717) is 23.4 Å². The third kappa shape index (κ3) is 4.15. The van der Waals surface area contributed by atoms with Crippen molar-refractivity contribution in [1.82, 2.24) is 15.0 Å². The fraction of sp³-hybridized carbons (Fsp3) is 0.0278. The van der Waals surface area contributed by atoms with Crippen LogP contribution in [0.4, 0.5) is 5.88 Å². The van der Waals surface area contributed by atoms with Gasteiger partial charge in [-0.2, -0.15) is 0 Å². The first-order valence-corrected chi connectivity index (χ1v) is 13.7. The molecule has 1 aliphatic rings. The fourth-order valence-electron chi connectivity index (χ4n) is 5.54. The van der Waals surface area contributed by atoms with E-state index in [1.165, 1.54) is 0 Å². The summed E-state index contributed by atoms with van der Waals surface area (Å²) in [4.78, 5) is 15.0. The average Bonchev–Trinajstić information content (AvgIpc) is 3.41. The lowest BCUT2D eigenvalue weighted by molar-refractivity contribution is 0.618. The van der Waals surface area contributed by atoms with Gasteiger partial charge in [-0.15, -0.1) is 0 Å². The molecule has 0 saturated heterocycles. The molecule has 8 rings (SSSR count). The maximum atomic E-state index is 6.51. The normalized spacial score (nSPS) is 14.4. The zero-order chi connectivity index (χ0) is 27.2. The standard InChI is InChI=1S/C36H24N4O/c1-4-12-23(13-5-1)30-22-29(32-28-20-26-18-10-11-19-27(26)21-31(28)41-36(32)37-30)35-39-33(24-14-6-2-7-15-24)38-34(40-35)25-16-8-3-9-17-25/h1-22,30,37H. The number of anilines is 1. The molecule has 0 radical (unpaired) electrons. The number of nitrogens with one attached hydrogen (secondary N) is 1. The summed E-state index contributed by atoms with van der Waals surface area (Å²) in [7, 11) is 0. The van der Waals surface area contributed by atoms with Crippen LogP contribution in [0.15, 0.2) is 138 Å². The SMILES string of the molecule is C1=C(c2nc(-c3ccccc3)nc(-c3ccccc3)n2)c2c(oc3cc4ccccc4cc23)NC1c1ccccc1. The van der Waals surface area contributed by atoms with Crippen molar-refractivity contribution in [3.05, 3.63) is 150 Å². The van der Waals surface area contributed by atoms with Gasteiger partial charge in [-0.3, -0.25) is 0 Å². The van der Waals surface area contributed by atoms with E-state index in [9.17, 15) is 0 Å². The highest BCUT2D eigenvalue weighted by molar-refractivity contribution is 6.06. The van der Waals surface area contributed by atoms with Crippen LogP contribution in [-0.4, -0.2) is 15.0 Å². The monoisotopic (exact) mass is 528 g/mol. The van der Waals surface area contributed by atoms with Crippen LogP contribution < -0.4 is 5.32 Å². The molecule has 1 N–H and O–H groups in total. The third-order valence-electron chi connectivity index (χ3n) is 7.54. The van der Waals surface area contributed by atoms with Gasteiger partial charge >= 0.3 is 0 Å². The summed E-state index contributed by atoms with van der Waals surface area (Å²) >= 11 is 0. The molecule has 5 heteroatoms. The Morgan fingerprint density at radius 2 is 1.10 bits per heavy atom. The molecule has 1 atom stereocenters. The van der Waals surface area contributed by atoms with E-state index in [4.69, 9.17) is 19.4 Å². The lowest BCUT2D eigenvalue weighted by atomic mass is 9.93. The second kappa shape index (κ2) is 9.57. The largest absolute Gasteiger partial charge is 0.440 e. The van der Waals surface area contributed by atoms with Crippen LogP contribution in [0, 0.1) is 0 Å². The van der Waals surface area contributed by atoms with Gasteiger partial charge in [0, 0.05) is 22.1 Å². The Hall–Kier alpha value is -5.55. The number of rotatable bonds is 4. The van der Waals surface area contributed by atoms with Gasteiger partial charge in [0.2, 0.25) is 5.88 Å². The Kier molecular flexibility index (Phi) is 5.45. The zero-order valence-corrected chi connectivity index (χ0v) is 22.0. The van der Waals surface area contributed by atoms with E-state index in [1.54, 1.807) is 0 Å². The molecule has 3 heterocycles. The first-order chi connectivity index (χ1) is 20.3. The van der Waals surface area contributed by atoms with Crippen molar-refractivity contribution in [2.24, 2.45) is 0 Å². The third-order valence-corrected chi connectivity index (χ3v) is 7.54. The lowest BCUT2D eigenvalue weighted by Gasteiger charge is -2.23. The quantitative estimate of drug-likeness (QED) is 0.248. The van der Waals surface area contributed by atoms with E-state index in [1.807, 2.05) is 72.8 Å². The van der Waals surface area contributed by atoms with Crippen LogP contribution in [-0.2, 0) is 0 Å². The van der Waals surface area contributed by atoms with Crippen LogP contribution in [0.5, 0.6) is 0 Å². The second-order valence-corrected chi connectivity index (χ2v) is 10.2. The molecule has 0 amide bonds. The Morgan fingerprint density at radius 1 is 0.561 bits per heavy atom. The summed E-state index contributed by atoms with van der Waals surface area (Å²) in [5.74, 6) is 2.58. The zero-order valence-electron chi connectivity index (χ0n) is 22.0. The van der Waals surface area contributed by atoms with Crippen LogP contribution in [0.25, 0.3) is 50.1 Å². The highest BCUT2D eigenvalue weighted by atomic mass is 16.4. The van der Waals surface area contributed by atoms with Gasteiger partial charge in [0.05, 0.1) is 11.6 Å². The van der Waals surface area contributed by atoms with Crippen molar-refractivity contribution in [3.8, 4) is 22.8 Å². The summed E-state index contributed by atoms with van der Waals surface area (Å²) in [6, 6.07) is 43.0. The molecule has 0 fully saturated rings. The molecule has 1 unspecified atom stereocenters. The fourth-order valence-corrected chi connectivity index (χ4v) is 5.54. The van der Waals surface area contributed by atoms with Gasteiger partial charge in [0.1, 0.15) is 5.58 Å². The van der Waals surface area contributed by atoms with Crippen molar-refractivity contribution in [3.63, 3.8) is 0 Å². The first-order valence-electron chi connectivity index (χ1n) is 13.7. The maximum absolute atomic E-state index is 6.51. The molecule has 0 spiro atoms. The van der Waals surface area contributed by atoms with Crippen LogP contribution in [0.3, 0.4) is 0 Å². The molecule has 194 valence electrons. The predicted molar refractivity (Wildman–Crippen MR) is 164 cm³/mol. The van der Waals surface area contributed by atoms with Crippen molar-refractivity contribution in [1.29, 1.82) is 0 Å². The van der Waals surface area contributed by atoms with Crippen molar-refractivity contribution >= 4 is 33.2 Å². The predicted octanol–water partition coefficient (Wildman–Crippen LogP) is 8.70. The highest BCUT2D eigenvalue weighted by Gasteiger charge is 2.29. The summed E-state index contributed by atoms with van der Waals surface area (Å²) in [5, 5.41) is 6.94. The van der Waals surface area contributed by atoms with Gasteiger partial charge < -0.3 is 9.73 Å². The summed E-state index contributed by atoms with van der Waals surface area (Å²) < 4.78 is 6.51. The average molecular weight is 529 g/mol. The highest BCUT2D eigenvalue weighted by Crippen LogP contribution is 2.45. The lowest BCUT2D eigenvalue weighted by Crippen LogP contribution is -2.15. The number of benzene rings is 5. The smallest absolute Gasteiger partial charge is 0.202 e. The molecule has 0 bridgehead atoms. The van der Waals surface area contributed by atoms with Crippen LogP contribution in [0.2, 0.25) is 0 Å². The van der Waals surface area contributed by atoms with Gasteiger partial charge in [-0.05, 0) is 34.5 Å². The number of hydrogen-bond acceptors (Lipinski definition) is 5. The van der Waals surface area contributed by atoms with Crippen molar-refractivity contribution < 1.29 is 4.42 Å². The second-order valence-electron chi connectivity index (χ2n) is 10.2. The first kappa shape index (κ1) is 23.3. The van der Waals surface area contributed by atoms with Crippen molar-refractivity contribution in [2.75, 3.05) is 5.32 Å². The van der Waals surface area contributed by atoms with E-state index in [0.717, 1.165) is 49.6 Å². The Morgan fingerprint density at radius 3 is 1.73 bits per heavy atom. The molecule has 5 aromatic carbocycles. The van der Waals surface area contributed by atoms with Crippen molar-refractivity contribution in [2.45, 2.75) is 6.04 Å². The Balaban J connectivity index is 1.40. The number of furan rings is 1. The summed E-state index contributed by atoms with van der Waals surface area (Å²) in [6.45, 7) is 0. The minimum atomic E-state index is -0.120. The molecular formula is C36H24N4O. The molecule has 0 aliphatic carbocycles. The number of hydrogen-bond donors (Lipinski definition) is 1. The van der Waals surface area contributed by atoms with E-state index in [2.05, 4.69) is 66.0 Å². The molecule has 1 aliphatic heterocycles. The van der Waals surface area contributed by atoms with Gasteiger partial charge in [0.25, 0.3) is 0 Å². The van der Waals surface area contributed by atoms with Gasteiger partial charge in [-0.25, -0.2) is 15.0 Å². The molecule has 41 heavy (non-hydrogen) atoms. The molecule has 7 aromatic rings. The summed E-state index contributed by atoms with van der Waals surface area (Å²) in [6.07, 6.45) is 2.21. The van der Waals surface area contributed by atoms with Crippen LogP contribution in [0.1, 0.15) is 23.0 Å². The number of nitrogens with zero attached hydrogens (tertiary/aromatic N) is 3. The van der Waals surface area contributed by atoms with E-state index >= 15 is 0 Å². The molecule has 5 nitrogen and oxygen atoms in total. The van der Waals surface area contributed by atoms with Crippen LogP contribution >= 0.6 is 0 Å².